The predicted molar refractivity (Wildman–Crippen MR) is 81.2 cm³/mol. The lowest BCUT2D eigenvalue weighted by molar-refractivity contribution is -0.151. The van der Waals surface area contributed by atoms with Gasteiger partial charge in [-0.1, -0.05) is 72.1 Å². The molecule has 0 aliphatic rings. The van der Waals surface area contributed by atoms with Gasteiger partial charge in [0.05, 0.1) is 5.41 Å². The molecule has 0 amide bonds. The Morgan fingerprint density at radius 3 is 1.89 bits per heavy atom. The molecule has 3 nitrogen and oxygen atoms in total. The molecule has 0 fully saturated rings. The van der Waals surface area contributed by atoms with E-state index in [9.17, 15) is 9.90 Å². The largest absolute Gasteiger partial charge is 0.481 e. The van der Waals surface area contributed by atoms with Gasteiger partial charge in [-0.25, -0.2) is 0 Å². The second-order valence-corrected chi connectivity index (χ2v) is 6.04. The number of rotatable bonds is 12. The third-order valence-electron chi connectivity index (χ3n) is 4.37. The highest BCUT2D eigenvalue weighted by atomic mass is 16.4. The number of carbonyl (C=O) groups is 1. The summed E-state index contributed by atoms with van der Waals surface area (Å²) >= 11 is 0. The van der Waals surface area contributed by atoms with Crippen LogP contribution in [0.4, 0.5) is 0 Å². The SMILES string of the molecule is CCCCCCCCCCC(CN)(C(=O)O)C(C)C. The maximum atomic E-state index is 11.5. The molecule has 3 heteroatoms. The zero-order valence-electron chi connectivity index (χ0n) is 13.1. The van der Waals surface area contributed by atoms with Crippen molar-refractivity contribution in [2.45, 2.75) is 78.6 Å². The molecular weight excluding hydrogens is 238 g/mol. The third-order valence-corrected chi connectivity index (χ3v) is 4.37. The molecule has 19 heavy (non-hydrogen) atoms. The fraction of sp³-hybridized carbons (Fsp3) is 0.938. The Balaban J connectivity index is 3.86. The summed E-state index contributed by atoms with van der Waals surface area (Å²) in [5.41, 5.74) is 5.00. The van der Waals surface area contributed by atoms with Crippen LogP contribution in [-0.4, -0.2) is 17.6 Å². The fourth-order valence-corrected chi connectivity index (χ4v) is 2.64. The van der Waals surface area contributed by atoms with Crippen LogP contribution in [0.2, 0.25) is 0 Å². The van der Waals surface area contributed by atoms with E-state index in [4.69, 9.17) is 5.73 Å². The Hall–Kier alpha value is -0.570. The quantitative estimate of drug-likeness (QED) is 0.523. The molecule has 1 atom stereocenters. The van der Waals surface area contributed by atoms with E-state index < -0.39 is 11.4 Å². The topological polar surface area (TPSA) is 63.3 Å². The molecule has 0 aromatic carbocycles. The van der Waals surface area contributed by atoms with E-state index >= 15 is 0 Å². The molecule has 0 saturated heterocycles. The van der Waals surface area contributed by atoms with Gasteiger partial charge in [-0.15, -0.1) is 0 Å². The summed E-state index contributed by atoms with van der Waals surface area (Å²) in [5, 5.41) is 9.41. The van der Waals surface area contributed by atoms with Gasteiger partial charge in [-0.3, -0.25) is 4.79 Å². The molecule has 3 N–H and O–H groups in total. The molecule has 0 spiro atoms. The molecule has 0 aromatic rings. The van der Waals surface area contributed by atoms with Gasteiger partial charge in [0.2, 0.25) is 0 Å². The molecule has 1 unspecified atom stereocenters. The van der Waals surface area contributed by atoms with E-state index in [-0.39, 0.29) is 12.5 Å². The van der Waals surface area contributed by atoms with Gasteiger partial charge >= 0.3 is 5.97 Å². The molecule has 0 aliphatic heterocycles. The fourth-order valence-electron chi connectivity index (χ4n) is 2.64. The van der Waals surface area contributed by atoms with Crippen LogP contribution in [0.15, 0.2) is 0 Å². The highest BCUT2D eigenvalue weighted by Crippen LogP contribution is 2.33. The zero-order chi connectivity index (χ0) is 14.7. The standard InChI is InChI=1S/C16H33NO2/c1-4-5-6-7-8-9-10-11-12-16(13-17,14(2)3)15(18)19/h14H,4-13,17H2,1-3H3,(H,18,19). The number of aliphatic carboxylic acids is 1. The monoisotopic (exact) mass is 271 g/mol. The van der Waals surface area contributed by atoms with Crippen LogP contribution in [0.25, 0.3) is 0 Å². The lowest BCUT2D eigenvalue weighted by atomic mass is 9.73. The van der Waals surface area contributed by atoms with Gasteiger partial charge in [-0.2, -0.15) is 0 Å². The Kier molecular flexibility index (Phi) is 9.94. The van der Waals surface area contributed by atoms with E-state index in [0.29, 0.717) is 6.42 Å². The Labute approximate surface area is 119 Å². The Bertz CT molecular complexity index is 241. The number of carboxylic acids is 1. The minimum Gasteiger partial charge on any atom is -0.481 e. The van der Waals surface area contributed by atoms with E-state index in [2.05, 4.69) is 6.92 Å². The molecule has 0 radical (unpaired) electrons. The van der Waals surface area contributed by atoms with Gasteiger partial charge in [-0.05, 0) is 12.3 Å². The lowest BCUT2D eigenvalue weighted by Crippen LogP contribution is -2.43. The first-order valence-electron chi connectivity index (χ1n) is 7.94. The number of carboxylic acid groups (broad SMARTS) is 1. The van der Waals surface area contributed by atoms with E-state index in [1.807, 2.05) is 13.8 Å². The van der Waals surface area contributed by atoms with Crippen LogP contribution in [0.5, 0.6) is 0 Å². The minimum atomic E-state index is -0.729. The van der Waals surface area contributed by atoms with E-state index in [1.54, 1.807) is 0 Å². The molecule has 0 aromatic heterocycles. The van der Waals surface area contributed by atoms with Crippen molar-refractivity contribution in [3.8, 4) is 0 Å². The lowest BCUT2D eigenvalue weighted by Gasteiger charge is -2.32. The summed E-state index contributed by atoms with van der Waals surface area (Å²) in [6.07, 6.45) is 10.6. The smallest absolute Gasteiger partial charge is 0.311 e. The average molecular weight is 271 g/mol. The predicted octanol–water partition coefficient (Wildman–Crippen LogP) is 4.20. The van der Waals surface area contributed by atoms with Crippen molar-refractivity contribution < 1.29 is 9.90 Å². The van der Waals surface area contributed by atoms with Crippen molar-refractivity contribution in [3.05, 3.63) is 0 Å². The first kappa shape index (κ1) is 18.4. The molecule has 114 valence electrons. The van der Waals surface area contributed by atoms with Crippen molar-refractivity contribution in [3.63, 3.8) is 0 Å². The first-order valence-corrected chi connectivity index (χ1v) is 7.94. The highest BCUT2D eigenvalue weighted by Gasteiger charge is 2.39. The van der Waals surface area contributed by atoms with Crippen molar-refractivity contribution in [1.29, 1.82) is 0 Å². The second-order valence-electron chi connectivity index (χ2n) is 6.04. The molecule has 0 saturated carbocycles. The number of hydrogen-bond donors (Lipinski definition) is 2. The van der Waals surface area contributed by atoms with Crippen molar-refractivity contribution in [2.24, 2.45) is 17.1 Å². The molecule has 0 bridgehead atoms. The average Bonchev–Trinajstić information content (AvgIpc) is 2.36. The highest BCUT2D eigenvalue weighted by molar-refractivity contribution is 5.75. The molecular formula is C16H33NO2. The maximum Gasteiger partial charge on any atom is 0.311 e. The normalized spacial score (nSPS) is 14.6. The van der Waals surface area contributed by atoms with Crippen LogP contribution >= 0.6 is 0 Å². The first-order chi connectivity index (χ1) is 9.01. The number of unbranched alkanes of at least 4 members (excludes halogenated alkanes) is 7. The van der Waals surface area contributed by atoms with Gasteiger partial charge in [0.25, 0.3) is 0 Å². The van der Waals surface area contributed by atoms with Crippen molar-refractivity contribution in [1.82, 2.24) is 0 Å². The second kappa shape index (κ2) is 10.2. The number of nitrogens with two attached hydrogens (primary N) is 1. The van der Waals surface area contributed by atoms with Crippen LogP contribution in [-0.2, 0) is 4.79 Å². The summed E-state index contributed by atoms with van der Waals surface area (Å²) in [5.74, 6) is -0.632. The summed E-state index contributed by atoms with van der Waals surface area (Å²) in [6.45, 7) is 6.40. The van der Waals surface area contributed by atoms with Crippen molar-refractivity contribution >= 4 is 5.97 Å². The Morgan fingerprint density at radius 2 is 1.53 bits per heavy atom. The van der Waals surface area contributed by atoms with E-state index in [0.717, 1.165) is 12.8 Å². The van der Waals surface area contributed by atoms with Gasteiger partial charge < -0.3 is 10.8 Å². The van der Waals surface area contributed by atoms with Gasteiger partial charge in [0, 0.05) is 6.54 Å². The van der Waals surface area contributed by atoms with Crippen LogP contribution in [0.1, 0.15) is 78.6 Å². The van der Waals surface area contributed by atoms with Crippen LogP contribution < -0.4 is 5.73 Å². The molecule has 0 heterocycles. The van der Waals surface area contributed by atoms with E-state index in [1.165, 1.54) is 38.5 Å². The Morgan fingerprint density at radius 1 is 1.05 bits per heavy atom. The zero-order valence-corrected chi connectivity index (χ0v) is 13.1. The molecule has 0 rings (SSSR count). The summed E-state index contributed by atoms with van der Waals surface area (Å²) < 4.78 is 0. The van der Waals surface area contributed by atoms with Gasteiger partial charge in [0.15, 0.2) is 0 Å². The summed E-state index contributed by atoms with van der Waals surface area (Å²) in [6, 6.07) is 0. The summed E-state index contributed by atoms with van der Waals surface area (Å²) in [4.78, 5) is 11.5. The number of hydrogen-bond acceptors (Lipinski definition) is 2. The third kappa shape index (κ3) is 6.42. The maximum absolute atomic E-state index is 11.5. The van der Waals surface area contributed by atoms with Crippen LogP contribution in [0.3, 0.4) is 0 Å². The molecule has 0 aliphatic carbocycles. The van der Waals surface area contributed by atoms with Crippen LogP contribution in [0, 0.1) is 11.3 Å². The summed E-state index contributed by atoms with van der Waals surface area (Å²) in [7, 11) is 0. The minimum absolute atomic E-state index is 0.0968. The van der Waals surface area contributed by atoms with Gasteiger partial charge in [0.1, 0.15) is 0 Å². The van der Waals surface area contributed by atoms with Crippen molar-refractivity contribution in [2.75, 3.05) is 6.54 Å².